The summed E-state index contributed by atoms with van der Waals surface area (Å²) < 4.78 is 0. The fourth-order valence-corrected chi connectivity index (χ4v) is 4.29. The average Bonchev–Trinajstić information content (AvgIpc) is 3.24. The van der Waals surface area contributed by atoms with E-state index in [1.807, 2.05) is 54.6 Å². The van der Waals surface area contributed by atoms with E-state index in [1.54, 1.807) is 22.7 Å². The van der Waals surface area contributed by atoms with Crippen LogP contribution in [0.5, 0.6) is 0 Å². The van der Waals surface area contributed by atoms with Gasteiger partial charge in [-0.2, -0.15) is 0 Å². The summed E-state index contributed by atoms with van der Waals surface area (Å²) in [6.45, 7) is 0. The van der Waals surface area contributed by atoms with E-state index >= 15 is 0 Å². The highest BCUT2D eigenvalue weighted by Crippen LogP contribution is 2.32. The Morgan fingerprint density at radius 3 is 2.45 bits per heavy atom. The minimum atomic E-state index is 0.0959. The Balaban J connectivity index is 1.71. The van der Waals surface area contributed by atoms with Crippen molar-refractivity contribution in [3.63, 3.8) is 0 Å². The Bertz CT molecular complexity index is 948. The summed E-state index contributed by atoms with van der Waals surface area (Å²) in [7, 11) is 0. The Hall–Kier alpha value is -2.23. The third-order valence-electron chi connectivity index (χ3n) is 3.61. The molecule has 3 heteroatoms. The molecule has 0 atom stereocenters. The maximum atomic E-state index is 12.7. The molecule has 2 heterocycles. The number of benzene rings is 2. The zero-order valence-corrected chi connectivity index (χ0v) is 13.3. The molecular formula is C19H12OS2. The van der Waals surface area contributed by atoms with E-state index in [-0.39, 0.29) is 5.78 Å². The van der Waals surface area contributed by atoms with Crippen LogP contribution < -0.4 is 0 Å². The van der Waals surface area contributed by atoms with Gasteiger partial charge >= 0.3 is 0 Å². The van der Waals surface area contributed by atoms with E-state index in [4.69, 9.17) is 0 Å². The molecule has 0 aliphatic carbocycles. The molecule has 0 fully saturated rings. The van der Waals surface area contributed by atoms with Crippen molar-refractivity contribution >= 4 is 39.2 Å². The molecule has 0 aliphatic rings. The lowest BCUT2D eigenvalue weighted by molar-refractivity contribution is 0.104. The van der Waals surface area contributed by atoms with Gasteiger partial charge < -0.3 is 0 Å². The molecule has 0 aliphatic heterocycles. The minimum Gasteiger partial charge on any atom is -0.288 e. The van der Waals surface area contributed by atoms with E-state index in [0.29, 0.717) is 0 Å². The largest absolute Gasteiger partial charge is 0.288 e. The lowest BCUT2D eigenvalue weighted by Crippen LogP contribution is -1.97. The Morgan fingerprint density at radius 1 is 0.773 bits per heavy atom. The summed E-state index contributed by atoms with van der Waals surface area (Å²) in [5.74, 6) is 0.0959. The van der Waals surface area contributed by atoms with Crippen LogP contribution in [-0.4, -0.2) is 5.78 Å². The van der Waals surface area contributed by atoms with Crippen LogP contribution in [0.25, 0.3) is 20.5 Å². The number of hydrogen-bond acceptors (Lipinski definition) is 3. The summed E-state index contributed by atoms with van der Waals surface area (Å²) in [6.07, 6.45) is 0. The van der Waals surface area contributed by atoms with Gasteiger partial charge in [0.25, 0.3) is 0 Å². The number of hydrogen-bond donors (Lipinski definition) is 0. The smallest absolute Gasteiger partial charge is 0.202 e. The standard InChI is InChI=1S/C19H12OS2/c20-19(15-8-7-13-4-1-2-5-14(13)12-15)18-10-9-17(22-18)16-6-3-11-21-16/h1-12H. The highest BCUT2D eigenvalue weighted by atomic mass is 32.1. The van der Waals surface area contributed by atoms with E-state index < -0.39 is 0 Å². The van der Waals surface area contributed by atoms with Gasteiger partial charge in [0.15, 0.2) is 0 Å². The van der Waals surface area contributed by atoms with Crippen molar-refractivity contribution in [3.8, 4) is 9.75 Å². The van der Waals surface area contributed by atoms with Gasteiger partial charge in [0.05, 0.1) is 4.88 Å². The Morgan fingerprint density at radius 2 is 1.64 bits per heavy atom. The predicted octanol–water partition coefficient (Wildman–Crippen LogP) is 5.86. The third kappa shape index (κ3) is 2.39. The molecule has 0 radical (unpaired) electrons. The van der Waals surface area contributed by atoms with E-state index in [0.717, 1.165) is 26.1 Å². The number of thiophene rings is 2. The van der Waals surface area contributed by atoms with Crippen molar-refractivity contribution in [2.24, 2.45) is 0 Å². The minimum absolute atomic E-state index is 0.0959. The second-order valence-corrected chi connectivity index (χ2v) is 7.06. The van der Waals surface area contributed by atoms with Crippen molar-refractivity contribution in [2.45, 2.75) is 0 Å². The van der Waals surface area contributed by atoms with Crippen molar-refractivity contribution in [1.29, 1.82) is 0 Å². The lowest BCUT2D eigenvalue weighted by Gasteiger charge is -2.01. The summed E-state index contributed by atoms with van der Waals surface area (Å²) in [6, 6.07) is 22.1. The fraction of sp³-hybridized carbons (Fsp3) is 0. The number of fused-ring (bicyclic) bond motifs is 1. The molecule has 4 rings (SSSR count). The molecule has 106 valence electrons. The van der Waals surface area contributed by atoms with E-state index in [2.05, 4.69) is 17.5 Å². The van der Waals surface area contributed by atoms with Crippen molar-refractivity contribution < 1.29 is 4.79 Å². The predicted molar refractivity (Wildman–Crippen MR) is 95.0 cm³/mol. The molecular weight excluding hydrogens is 308 g/mol. The summed E-state index contributed by atoms with van der Waals surface area (Å²) in [4.78, 5) is 15.8. The molecule has 2 aromatic heterocycles. The SMILES string of the molecule is O=C(c1ccc2ccccc2c1)c1ccc(-c2cccs2)s1. The first-order valence-corrected chi connectivity index (χ1v) is 8.68. The molecule has 0 spiro atoms. The van der Waals surface area contributed by atoms with Crippen LogP contribution in [0.4, 0.5) is 0 Å². The van der Waals surface area contributed by atoms with Crippen LogP contribution in [0, 0.1) is 0 Å². The van der Waals surface area contributed by atoms with Crippen LogP contribution >= 0.6 is 22.7 Å². The second-order valence-electron chi connectivity index (χ2n) is 5.03. The Labute approximate surface area is 136 Å². The maximum Gasteiger partial charge on any atom is 0.202 e. The molecule has 0 saturated carbocycles. The number of rotatable bonds is 3. The molecule has 0 amide bonds. The van der Waals surface area contributed by atoms with Crippen LogP contribution in [-0.2, 0) is 0 Å². The van der Waals surface area contributed by atoms with Crippen molar-refractivity contribution in [1.82, 2.24) is 0 Å². The van der Waals surface area contributed by atoms with Crippen LogP contribution in [0.3, 0.4) is 0 Å². The average molecular weight is 320 g/mol. The van der Waals surface area contributed by atoms with Gasteiger partial charge in [-0.3, -0.25) is 4.79 Å². The van der Waals surface area contributed by atoms with Gasteiger partial charge in [-0.1, -0.05) is 42.5 Å². The first-order chi connectivity index (χ1) is 10.8. The molecule has 1 nitrogen and oxygen atoms in total. The number of ketones is 1. The lowest BCUT2D eigenvalue weighted by atomic mass is 10.0. The molecule has 0 bridgehead atoms. The monoisotopic (exact) mass is 320 g/mol. The first kappa shape index (κ1) is 13.4. The Kier molecular flexibility index (Phi) is 3.37. The molecule has 22 heavy (non-hydrogen) atoms. The molecule has 4 aromatic rings. The summed E-state index contributed by atoms with van der Waals surface area (Å²) in [5.41, 5.74) is 0.748. The van der Waals surface area contributed by atoms with E-state index in [1.165, 1.54) is 4.88 Å². The quantitative estimate of drug-likeness (QED) is 0.432. The molecule has 2 aromatic carbocycles. The van der Waals surface area contributed by atoms with Crippen molar-refractivity contribution in [3.05, 3.63) is 82.6 Å². The normalized spacial score (nSPS) is 10.9. The summed E-state index contributed by atoms with van der Waals surface area (Å²) in [5, 5.41) is 4.31. The zero-order valence-electron chi connectivity index (χ0n) is 11.7. The van der Waals surface area contributed by atoms with Gasteiger partial charge in [-0.25, -0.2) is 0 Å². The van der Waals surface area contributed by atoms with Gasteiger partial charge in [0.2, 0.25) is 5.78 Å². The van der Waals surface area contributed by atoms with Gasteiger partial charge in [0.1, 0.15) is 0 Å². The van der Waals surface area contributed by atoms with Crippen LogP contribution in [0.15, 0.2) is 72.1 Å². The molecule has 0 unspecified atom stereocenters. The molecule has 0 saturated heterocycles. The van der Waals surface area contributed by atoms with Gasteiger partial charge in [-0.15, -0.1) is 22.7 Å². The number of carbonyl (C=O) groups is 1. The van der Waals surface area contributed by atoms with E-state index in [9.17, 15) is 4.79 Å². The van der Waals surface area contributed by atoms with Crippen molar-refractivity contribution in [2.75, 3.05) is 0 Å². The highest BCUT2D eigenvalue weighted by molar-refractivity contribution is 7.22. The zero-order chi connectivity index (χ0) is 14.9. The van der Waals surface area contributed by atoms with Crippen LogP contribution in [0.2, 0.25) is 0 Å². The van der Waals surface area contributed by atoms with Gasteiger partial charge in [0, 0.05) is 15.3 Å². The first-order valence-electron chi connectivity index (χ1n) is 6.98. The summed E-state index contributed by atoms with van der Waals surface area (Å²) >= 11 is 3.26. The van der Waals surface area contributed by atoms with Crippen LogP contribution in [0.1, 0.15) is 15.2 Å². The molecule has 0 N–H and O–H groups in total. The third-order valence-corrected chi connectivity index (χ3v) is 5.76. The highest BCUT2D eigenvalue weighted by Gasteiger charge is 2.13. The number of carbonyl (C=O) groups excluding carboxylic acids is 1. The fourth-order valence-electron chi connectivity index (χ4n) is 2.48. The van der Waals surface area contributed by atoms with Gasteiger partial charge in [-0.05, 0) is 40.4 Å². The second kappa shape index (κ2) is 5.52. The topological polar surface area (TPSA) is 17.1 Å². The maximum absolute atomic E-state index is 12.7.